The zero-order valence-electron chi connectivity index (χ0n) is 11.9. The third-order valence-corrected chi connectivity index (χ3v) is 5.68. The summed E-state index contributed by atoms with van der Waals surface area (Å²) >= 11 is 0. The van der Waals surface area contributed by atoms with Crippen molar-refractivity contribution in [2.24, 2.45) is 0 Å². The molecule has 0 atom stereocenters. The first-order valence-corrected chi connectivity index (χ1v) is 7.83. The van der Waals surface area contributed by atoms with Gasteiger partial charge in [-0.15, -0.1) is 0 Å². The SMILES string of the molecule is CCC(CC)(c1cc(OC)c([N+](=O)[O-])cc1F)P(=O)(O)O. The Morgan fingerprint density at radius 2 is 1.90 bits per heavy atom. The fraction of sp³-hybridized carbons (Fsp3) is 0.500. The molecule has 0 heterocycles. The molecular weight excluding hydrogens is 304 g/mol. The molecule has 0 fully saturated rings. The van der Waals surface area contributed by atoms with E-state index in [1.54, 1.807) is 0 Å². The Balaban J connectivity index is 3.69. The van der Waals surface area contributed by atoms with E-state index in [2.05, 4.69) is 0 Å². The smallest absolute Gasteiger partial charge is 0.336 e. The second kappa shape index (κ2) is 6.09. The van der Waals surface area contributed by atoms with Crippen molar-refractivity contribution in [3.8, 4) is 5.75 Å². The summed E-state index contributed by atoms with van der Waals surface area (Å²) in [5.41, 5.74) is -0.867. The van der Waals surface area contributed by atoms with E-state index in [1.165, 1.54) is 21.0 Å². The van der Waals surface area contributed by atoms with E-state index in [0.29, 0.717) is 6.07 Å². The molecule has 118 valence electrons. The normalized spacial score (nSPS) is 12.3. The van der Waals surface area contributed by atoms with Crippen molar-refractivity contribution < 1.29 is 28.4 Å². The minimum Gasteiger partial charge on any atom is -0.490 e. The molecule has 0 spiro atoms. The van der Waals surface area contributed by atoms with E-state index in [0.717, 1.165) is 6.07 Å². The Morgan fingerprint density at radius 1 is 1.38 bits per heavy atom. The van der Waals surface area contributed by atoms with Crippen LogP contribution in [-0.2, 0) is 9.72 Å². The summed E-state index contributed by atoms with van der Waals surface area (Å²) < 4.78 is 30.9. The first kappa shape index (κ1) is 17.6. The van der Waals surface area contributed by atoms with E-state index in [9.17, 15) is 28.9 Å². The van der Waals surface area contributed by atoms with E-state index in [4.69, 9.17) is 4.74 Å². The van der Waals surface area contributed by atoms with Crippen LogP contribution in [0.5, 0.6) is 5.75 Å². The highest BCUT2D eigenvalue weighted by Crippen LogP contribution is 2.62. The van der Waals surface area contributed by atoms with Crippen molar-refractivity contribution in [2.45, 2.75) is 31.8 Å². The van der Waals surface area contributed by atoms with Crippen molar-refractivity contribution in [2.75, 3.05) is 7.11 Å². The van der Waals surface area contributed by atoms with Gasteiger partial charge in [0.25, 0.3) is 0 Å². The van der Waals surface area contributed by atoms with Crippen LogP contribution in [-0.4, -0.2) is 21.8 Å². The number of nitrogens with zero attached hydrogens (tertiary/aromatic N) is 1. The largest absolute Gasteiger partial charge is 0.490 e. The van der Waals surface area contributed by atoms with Gasteiger partial charge in [-0.2, -0.15) is 0 Å². The van der Waals surface area contributed by atoms with Gasteiger partial charge in [0.15, 0.2) is 5.75 Å². The lowest BCUT2D eigenvalue weighted by Crippen LogP contribution is -2.26. The molecule has 0 amide bonds. The Labute approximate surface area is 121 Å². The molecule has 0 aliphatic heterocycles. The number of hydrogen-bond donors (Lipinski definition) is 2. The highest BCUT2D eigenvalue weighted by atomic mass is 31.2. The fourth-order valence-electron chi connectivity index (χ4n) is 2.41. The first-order chi connectivity index (χ1) is 9.64. The molecule has 1 rings (SSSR count). The van der Waals surface area contributed by atoms with Crippen molar-refractivity contribution in [1.82, 2.24) is 0 Å². The second-order valence-corrected chi connectivity index (χ2v) is 6.49. The van der Waals surface area contributed by atoms with Crippen LogP contribution in [0.2, 0.25) is 0 Å². The van der Waals surface area contributed by atoms with Crippen LogP contribution in [0.15, 0.2) is 12.1 Å². The molecule has 9 heteroatoms. The Bertz CT molecular complexity index is 596. The molecule has 0 aliphatic rings. The van der Waals surface area contributed by atoms with Crippen LogP contribution in [0, 0.1) is 15.9 Å². The number of methoxy groups -OCH3 is 1. The lowest BCUT2D eigenvalue weighted by molar-refractivity contribution is -0.386. The molecule has 0 saturated carbocycles. The van der Waals surface area contributed by atoms with Gasteiger partial charge in [0.2, 0.25) is 0 Å². The summed E-state index contributed by atoms with van der Waals surface area (Å²) in [6.45, 7) is 3.05. The summed E-state index contributed by atoms with van der Waals surface area (Å²) in [7, 11) is -3.52. The van der Waals surface area contributed by atoms with Crippen molar-refractivity contribution in [3.05, 3.63) is 33.6 Å². The number of nitro benzene ring substituents is 1. The van der Waals surface area contributed by atoms with Gasteiger partial charge in [-0.05, 0) is 18.9 Å². The van der Waals surface area contributed by atoms with Gasteiger partial charge in [-0.25, -0.2) is 4.39 Å². The third kappa shape index (κ3) is 2.92. The number of rotatable bonds is 6. The predicted octanol–water partition coefficient (Wildman–Crippen LogP) is 2.94. The number of hydrogen-bond acceptors (Lipinski definition) is 4. The predicted molar refractivity (Wildman–Crippen MR) is 73.9 cm³/mol. The van der Waals surface area contributed by atoms with Crippen LogP contribution in [0.25, 0.3) is 0 Å². The minimum absolute atomic E-state index is 0.0222. The van der Waals surface area contributed by atoms with Crippen molar-refractivity contribution in [3.63, 3.8) is 0 Å². The quantitative estimate of drug-likeness (QED) is 0.473. The van der Waals surface area contributed by atoms with E-state index in [-0.39, 0.29) is 24.2 Å². The molecule has 2 N–H and O–H groups in total. The molecule has 0 unspecified atom stereocenters. The van der Waals surface area contributed by atoms with Gasteiger partial charge >= 0.3 is 13.3 Å². The van der Waals surface area contributed by atoms with E-state index in [1.807, 2.05) is 0 Å². The van der Waals surface area contributed by atoms with Crippen LogP contribution in [0.4, 0.5) is 10.1 Å². The molecule has 7 nitrogen and oxygen atoms in total. The van der Waals surface area contributed by atoms with Gasteiger partial charge in [-0.1, -0.05) is 13.8 Å². The molecule has 0 aromatic heterocycles. The first-order valence-electron chi connectivity index (χ1n) is 6.22. The zero-order valence-corrected chi connectivity index (χ0v) is 12.8. The molecule has 0 saturated heterocycles. The molecular formula is C12H17FNO6P. The maximum Gasteiger partial charge on any atom is 0.336 e. The minimum atomic E-state index is -4.69. The van der Waals surface area contributed by atoms with Gasteiger partial charge in [0.1, 0.15) is 5.82 Å². The summed E-state index contributed by atoms with van der Waals surface area (Å²) in [5.74, 6) is -1.27. The molecule has 21 heavy (non-hydrogen) atoms. The van der Waals surface area contributed by atoms with Gasteiger partial charge in [0, 0.05) is 5.56 Å². The Morgan fingerprint density at radius 3 is 2.24 bits per heavy atom. The number of halogens is 1. The van der Waals surface area contributed by atoms with Gasteiger partial charge < -0.3 is 14.5 Å². The summed E-state index contributed by atoms with van der Waals surface area (Å²) in [5, 5.41) is 9.10. The Hall–Kier alpha value is -1.50. The molecule has 0 radical (unpaired) electrons. The monoisotopic (exact) mass is 321 g/mol. The lowest BCUT2D eigenvalue weighted by atomic mass is 9.91. The zero-order chi connectivity index (χ0) is 16.4. The number of ether oxygens (including phenoxy) is 1. The second-order valence-electron chi connectivity index (χ2n) is 4.54. The summed E-state index contributed by atoms with van der Waals surface area (Å²) in [6.07, 6.45) is -0.0443. The highest BCUT2D eigenvalue weighted by molar-refractivity contribution is 7.53. The molecule has 0 bridgehead atoms. The van der Waals surface area contributed by atoms with E-state index >= 15 is 0 Å². The fourth-order valence-corrected chi connectivity index (χ4v) is 3.71. The number of benzene rings is 1. The average Bonchev–Trinajstić information content (AvgIpc) is 2.40. The van der Waals surface area contributed by atoms with Crippen LogP contribution >= 0.6 is 7.60 Å². The molecule has 1 aromatic rings. The van der Waals surface area contributed by atoms with Gasteiger partial charge in [-0.3, -0.25) is 14.7 Å². The van der Waals surface area contributed by atoms with Crippen LogP contribution in [0.1, 0.15) is 32.3 Å². The summed E-state index contributed by atoms with van der Waals surface area (Å²) in [4.78, 5) is 29.3. The maximum absolute atomic E-state index is 14.2. The lowest BCUT2D eigenvalue weighted by Gasteiger charge is -2.33. The highest BCUT2D eigenvalue weighted by Gasteiger charge is 2.47. The number of nitro groups is 1. The third-order valence-electron chi connectivity index (χ3n) is 3.69. The maximum atomic E-state index is 14.2. The van der Waals surface area contributed by atoms with Crippen molar-refractivity contribution >= 4 is 13.3 Å². The summed E-state index contributed by atoms with van der Waals surface area (Å²) in [6, 6.07) is 1.63. The molecule has 0 aliphatic carbocycles. The molecule has 1 aromatic carbocycles. The Kier molecular flexibility index (Phi) is 5.09. The topological polar surface area (TPSA) is 110 Å². The van der Waals surface area contributed by atoms with Crippen LogP contribution in [0.3, 0.4) is 0 Å². The standard InChI is InChI=1S/C12H17FNO6P/c1-4-12(5-2,21(17,18)19)8-6-11(20-3)10(14(15)16)7-9(8)13/h6-7H,4-5H2,1-3H3,(H2,17,18,19). The van der Waals surface area contributed by atoms with Crippen LogP contribution < -0.4 is 4.74 Å². The van der Waals surface area contributed by atoms with E-state index < -0.39 is 29.2 Å². The van der Waals surface area contributed by atoms with Crippen molar-refractivity contribution in [1.29, 1.82) is 0 Å². The average molecular weight is 321 g/mol. The van der Waals surface area contributed by atoms with Gasteiger partial charge in [0.05, 0.1) is 23.3 Å².